The molecule has 0 radical (unpaired) electrons. The largest absolute Gasteiger partial charge is 0.478 e. The van der Waals surface area contributed by atoms with E-state index in [2.05, 4.69) is 10.4 Å². The standard InChI is InChI=1S/C24H17F3N4O4/c25-24(26,27)18-5-9-20(10-6-18)30-14-17(13-28-19-7-11-21(12-8-19)31(34)35)22(29-30)15-1-3-16(4-2-15)23(32)33/h1-12,14,28H,13H2,(H,32,33). The molecule has 4 rings (SSSR count). The van der Waals surface area contributed by atoms with E-state index in [4.69, 9.17) is 5.11 Å². The first kappa shape index (κ1) is 23.5. The van der Waals surface area contributed by atoms with Gasteiger partial charge < -0.3 is 10.4 Å². The van der Waals surface area contributed by atoms with Crippen LogP contribution < -0.4 is 5.32 Å². The average molecular weight is 482 g/mol. The number of nitro groups is 1. The number of rotatable bonds is 7. The monoisotopic (exact) mass is 482 g/mol. The molecule has 178 valence electrons. The van der Waals surface area contributed by atoms with E-state index in [1.54, 1.807) is 30.5 Å². The van der Waals surface area contributed by atoms with Crippen LogP contribution in [-0.4, -0.2) is 25.8 Å². The van der Waals surface area contributed by atoms with E-state index in [1.165, 1.54) is 41.1 Å². The Morgan fingerprint density at radius 2 is 1.63 bits per heavy atom. The van der Waals surface area contributed by atoms with Gasteiger partial charge in [0.25, 0.3) is 5.69 Å². The van der Waals surface area contributed by atoms with E-state index in [0.717, 1.165) is 12.1 Å². The number of carbonyl (C=O) groups is 1. The molecule has 0 aliphatic rings. The number of nitro benzene ring substituents is 1. The maximum absolute atomic E-state index is 12.9. The van der Waals surface area contributed by atoms with Crippen LogP contribution in [-0.2, 0) is 12.7 Å². The van der Waals surface area contributed by atoms with Gasteiger partial charge in [-0.2, -0.15) is 18.3 Å². The number of benzene rings is 3. The zero-order valence-electron chi connectivity index (χ0n) is 17.9. The van der Waals surface area contributed by atoms with Gasteiger partial charge in [0, 0.05) is 41.7 Å². The Kier molecular flexibility index (Phi) is 6.24. The van der Waals surface area contributed by atoms with Crippen molar-refractivity contribution < 1.29 is 28.0 Å². The van der Waals surface area contributed by atoms with E-state index in [1.807, 2.05) is 0 Å². The molecule has 0 saturated heterocycles. The third kappa shape index (κ3) is 5.29. The number of hydrogen-bond donors (Lipinski definition) is 2. The van der Waals surface area contributed by atoms with E-state index in [0.29, 0.717) is 28.2 Å². The summed E-state index contributed by atoms with van der Waals surface area (Å²) in [7, 11) is 0. The lowest BCUT2D eigenvalue weighted by Crippen LogP contribution is -2.05. The van der Waals surface area contributed by atoms with Gasteiger partial charge in [0.1, 0.15) is 0 Å². The molecule has 0 saturated carbocycles. The van der Waals surface area contributed by atoms with E-state index in [9.17, 15) is 28.1 Å². The van der Waals surface area contributed by atoms with Gasteiger partial charge in [-0.1, -0.05) is 12.1 Å². The summed E-state index contributed by atoms with van der Waals surface area (Å²) in [6, 6.07) is 16.4. The number of hydrogen-bond acceptors (Lipinski definition) is 5. The number of anilines is 1. The van der Waals surface area contributed by atoms with Crippen molar-refractivity contribution in [2.24, 2.45) is 0 Å². The van der Waals surface area contributed by atoms with Crippen molar-refractivity contribution in [2.75, 3.05) is 5.32 Å². The van der Waals surface area contributed by atoms with Crippen LogP contribution in [0.2, 0.25) is 0 Å². The lowest BCUT2D eigenvalue weighted by Gasteiger charge is -2.07. The fourth-order valence-corrected chi connectivity index (χ4v) is 3.39. The second-order valence-electron chi connectivity index (χ2n) is 7.53. The zero-order chi connectivity index (χ0) is 25.2. The number of aromatic nitrogens is 2. The molecule has 0 amide bonds. The number of nitrogens with one attached hydrogen (secondary N) is 1. The van der Waals surface area contributed by atoms with Gasteiger partial charge in [-0.15, -0.1) is 0 Å². The molecule has 3 aromatic carbocycles. The molecule has 0 fully saturated rings. The third-order valence-corrected chi connectivity index (χ3v) is 5.22. The van der Waals surface area contributed by atoms with Crippen molar-refractivity contribution in [3.8, 4) is 16.9 Å². The van der Waals surface area contributed by atoms with Crippen LogP contribution in [0.15, 0.2) is 79.0 Å². The lowest BCUT2D eigenvalue weighted by molar-refractivity contribution is -0.384. The Labute approximate surface area is 196 Å². The summed E-state index contributed by atoms with van der Waals surface area (Å²) in [5, 5.41) is 27.7. The first-order valence-electron chi connectivity index (χ1n) is 10.2. The van der Waals surface area contributed by atoms with Crippen LogP contribution in [0.5, 0.6) is 0 Å². The number of halogens is 3. The first-order chi connectivity index (χ1) is 16.6. The summed E-state index contributed by atoms with van der Waals surface area (Å²) in [5.74, 6) is -1.08. The molecule has 2 N–H and O–H groups in total. The maximum Gasteiger partial charge on any atom is 0.416 e. The summed E-state index contributed by atoms with van der Waals surface area (Å²) in [6.45, 7) is 0.245. The Hall–Kier alpha value is -4.67. The highest BCUT2D eigenvalue weighted by molar-refractivity contribution is 5.88. The minimum atomic E-state index is -4.46. The molecular weight excluding hydrogens is 465 g/mol. The molecule has 0 bridgehead atoms. The summed E-state index contributed by atoms with van der Waals surface area (Å²) in [5.41, 5.74) is 2.07. The molecule has 0 aliphatic carbocycles. The fourth-order valence-electron chi connectivity index (χ4n) is 3.39. The summed E-state index contributed by atoms with van der Waals surface area (Å²) in [6.07, 6.45) is -2.80. The van der Waals surface area contributed by atoms with Crippen molar-refractivity contribution in [2.45, 2.75) is 12.7 Å². The quantitative estimate of drug-likeness (QED) is 0.255. The molecule has 4 aromatic rings. The minimum absolute atomic E-state index is 0.0510. The number of alkyl halides is 3. The maximum atomic E-state index is 12.9. The van der Waals surface area contributed by atoms with Crippen molar-refractivity contribution in [3.63, 3.8) is 0 Å². The van der Waals surface area contributed by atoms with Gasteiger partial charge in [0.15, 0.2) is 0 Å². The van der Waals surface area contributed by atoms with Crippen LogP contribution in [0.4, 0.5) is 24.5 Å². The van der Waals surface area contributed by atoms with Gasteiger partial charge in [0.05, 0.1) is 27.4 Å². The van der Waals surface area contributed by atoms with Gasteiger partial charge in [-0.3, -0.25) is 10.1 Å². The molecule has 0 spiro atoms. The predicted octanol–water partition coefficient (Wildman–Crippen LogP) is 5.78. The number of nitrogens with zero attached hydrogens (tertiary/aromatic N) is 3. The van der Waals surface area contributed by atoms with Crippen LogP contribution in [0, 0.1) is 10.1 Å². The second-order valence-corrected chi connectivity index (χ2v) is 7.53. The minimum Gasteiger partial charge on any atom is -0.478 e. The van der Waals surface area contributed by atoms with E-state index in [-0.39, 0.29) is 17.8 Å². The van der Waals surface area contributed by atoms with Crippen molar-refractivity contribution >= 4 is 17.3 Å². The van der Waals surface area contributed by atoms with Crippen LogP contribution in [0.25, 0.3) is 16.9 Å². The Morgan fingerprint density at radius 1 is 1.00 bits per heavy atom. The molecule has 8 nitrogen and oxygen atoms in total. The summed E-state index contributed by atoms with van der Waals surface area (Å²) >= 11 is 0. The van der Waals surface area contributed by atoms with Crippen molar-refractivity contribution in [3.05, 3.63) is 106 Å². The van der Waals surface area contributed by atoms with Crippen LogP contribution >= 0.6 is 0 Å². The lowest BCUT2D eigenvalue weighted by atomic mass is 10.1. The Morgan fingerprint density at radius 3 is 2.17 bits per heavy atom. The SMILES string of the molecule is O=C(O)c1ccc(-c2nn(-c3ccc(C(F)(F)F)cc3)cc2CNc2ccc([N+](=O)[O-])cc2)cc1. The molecule has 1 aromatic heterocycles. The summed E-state index contributed by atoms with van der Waals surface area (Å²) < 4.78 is 40.2. The van der Waals surface area contributed by atoms with Crippen LogP contribution in [0.3, 0.4) is 0 Å². The fraction of sp³-hybridized carbons (Fsp3) is 0.0833. The highest BCUT2D eigenvalue weighted by atomic mass is 19.4. The topological polar surface area (TPSA) is 110 Å². The smallest absolute Gasteiger partial charge is 0.416 e. The van der Waals surface area contributed by atoms with Gasteiger partial charge in [-0.25, -0.2) is 9.48 Å². The summed E-state index contributed by atoms with van der Waals surface area (Å²) in [4.78, 5) is 21.5. The van der Waals surface area contributed by atoms with Crippen LogP contribution in [0.1, 0.15) is 21.5 Å². The zero-order valence-corrected chi connectivity index (χ0v) is 17.9. The number of carboxylic acid groups (broad SMARTS) is 1. The van der Waals surface area contributed by atoms with Gasteiger partial charge in [0.2, 0.25) is 0 Å². The molecular formula is C24H17F3N4O4. The highest BCUT2D eigenvalue weighted by Gasteiger charge is 2.30. The average Bonchev–Trinajstić information content (AvgIpc) is 3.27. The van der Waals surface area contributed by atoms with Gasteiger partial charge in [-0.05, 0) is 48.5 Å². The van der Waals surface area contributed by atoms with Crippen molar-refractivity contribution in [1.29, 1.82) is 0 Å². The Balaban J connectivity index is 1.67. The molecule has 0 aliphatic heterocycles. The van der Waals surface area contributed by atoms with Gasteiger partial charge >= 0.3 is 12.1 Å². The van der Waals surface area contributed by atoms with Crippen molar-refractivity contribution in [1.82, 2.24) is 9.78 Å². The molecule has 35 heavy (non-hydrogen) atoms. The third-order valence-electron chi connectivity index (χ3n) is 5.22. The number of non-ortho nitro benzene ring substituents is 1. The molecule has 0 atom stereocenters. The highest BCUT2D eigenvalue weighted by Crippen LogP contribution is 2.30. The first-order valence-corrected chi connectivity index (χ1v) is 10.2. The predicted molar refractivity (Wildman–Crippen MR) is 121 cm³/mol. The molecule has 1 heterocycles. The van der Waals surface area contributed by atoms with E-state index >= 15 is 0 Å². The number of aromatic carboxylic acids is 1. The molecule has 0 unspecified atom stereocenters. The normalized spacial score (nSPS) is 11.3. The molecule has 11 heteroatoms. The Bertz CT molecular complexity index is 1360. The second kappa shape index (κ2) is 9.29. The number of carboxylic acids is 1. The van der Waals surface area contributed by atoms with E-state index < -0.39 is 22.6 Å².